The van der Waals surface area contributed by atoms with E-state index >= 15 is 0 Å². The van der Waals surface area contributed by atoms with Gasteiger partial charge in [0, 0.05) is 32.1 Å². The summed E-state index contributed by atoms with van der Waals surface area (Å²) in [7, 11) is 0. The lowest BCUT2D eigenvalue weighted by Crippen LogP contribution is -2.48. The Bertz CT molecular complexity index is 435. The summed E-state index contributed by atoms with van der Waals surface area (Å²) in [6.45, 7) is 2.44. The second-order valence-corrected chi connectivity index (χ2v) is 4.65. The summed E-state index contributed by atoms with van der Waals surface area (Å²) in [5, 5.41) is 0. The van der Waals surface area contributed by atoms with Gasteiger partial charge in [0.1, 0.15) is 0 Å². The van der Waals surface area contributed by atoms with Crippen molar-refractivity contribution >= 4 is 6.09 Å². The van der Waals surface area contributed by atoms with E-state index in [1.54, 1.807) is 23.2 Å². The number of hydrogen-bond donors (Lipinski definition) is 0. The summed E-state index contributed by atoms with van der Waals surface area (Å²) in [4.78, 5) is 17.5. The maximum Gasteiger partial charge on any atom is 0.415 e. The number of carbonyl (C=O) groups excluding carboxylic acids is 1. The Morgan fingerprint density at radius 1 is 1.32 bits per heavy atom. The number of hydrogen-bond acceptors (Lipinski definition) is 5. The van der Waals surface area contributed by atoms with E-state index in [-0.39, 0.29) is 6.09 Å². The molecule has 1 aromatic rings. The third-order valence-electron chi connectivity index (χ3n) is 3.44. The number of amides is 1. The lowest BCUT2D eigenvalue weighted by Gasteiger charge is -2.36. The molecule has 0 aromatic carbocycles. The highest BCUT2D eigenvalue weighted by Crippen LogP contribution is 2.31. The van der Waals surface area contributed by atoms with Crippen LogP contribution in [0, 0.1) is 0 Å². The molecule has 1 spiro atoms. The molecule has 19 heavy (non-hydrogen) atoms. The molecule has 0 bridgehead atoms. The molecule has 6 heteroatoms. The van der Waals surface area contributed by atoms with Crippen molar-refractivity contribution in [2.75, 3.05) is 26.3 Å². The van der Waals surface area contributed by atoms with E-state index in [2.05, 4.69) is 4.98 Å². The Morgan fingerprint density at radius 2 is 2.05 bits per heavy atom. The van der Waals surface area contributed by atoms with Crippen LogP contribution in [0.4, 0.5) is 4.79 Å². The Kier molecular flexibility index (Phi) is 3.35. The van der Waals surface area contributed by atoms with E-state index in [1.165, 1.54) is 6.20 Å². The molecule has 2 aliphatic rings. The van der Waals surface area contributed by atoms with Gasteiger partial charge in [-0.1, -0.05) is 0 Å². The van der Waals surface area contributed by atoms with Gasteiger partial charge in [-0.05, 0) is 12.1 Å². The molecule has 0 unspecified atom stereocenters. The van der Waals surface area contributed by atoms with E-state index < -0.39 is 5.79 Å². The first kappa shape index (κ1) is 12.4. The zero-order valence-corrected chi connectivity index (χ0v) is 10.6. The summed E-state index contributed by atoms with van der Waals surface area (Å²) in [6, 6.07) is 3.44. The predicted octanol–water partition coefficient (Wildman–Crippen LogP) is 1.42. The molecule has 2 aliphatic heterocycles. The molecule has 3 rings (SSSR count). The van der Waals surface area contributed by atoms with Crippen molar-refractivity contribution in [1.29, 1.82) is 0 Å². The average Bonchev–Trinajstić information content (AvgIpc) is 2.89. The molecule has 0 aliphatic carbocycles. The summed E-state index contributed by atoms with van der Waals surface area (Å²) >= 11 is 0. The first-order valence-electron chi connectivity index (χ1n) is 6.42. The van der Waals surface area contributed by atoms with Crippen molar-refractivity contribution in [3.05, 3.63) is 24.5 Å². The van der Waals surface area contributed by atoms with Gasteiger partial charge in [-0.3, -0.25) is 4.98 Å². The first-order chi connectivity index (χ1) is 9.27. The minimum absolute atomic E-state index is 0.346. The highest BCUT2D eigenvalue weighted by atomic mass is 16.7. The van der Waals surface area contributed by atoms with Gasteiger partial charge < -0.3 is 19.1 Å². The Morgan fingerprint density at radius 3 is 2.68 bits per heavy atom. The lowest BCUT2D eigenvalue weighted by atomic mass is 10.0. The Labute approximate surface area is 111 Å². The van der Waals surface area contributed by atoms with Crippen LogP contribution in [0.1, 0.15) is 12.8 Å². The molecular weight excluding hydrogens is 248 g/mol. The van der Waals surface area contributed by atoms with Gasteiger partial charge in [-0.25, -0.2) is 4.79 Å². The Balaban J connectivity index is 1.55. The smallest absolute Gasteiger partial charge is 0.409 e. The standard InChI is InChI=1S/C13H16N2O4/c16-12(19-11-2-1-5-14-10-11)15-6-3-13(4-7-15)17-8-9-18-13/h1-2,5,10H,3-4,6-9H2. The van der Waals surface area contributed by atoms with Gasteiger partial charge in [0.25, 0.3) is 0 Å². The van der Waals surface area contributed by atoms with E-state index in [4.69, 9.17) is 14.2 Å². The summed E-state index contributed by atoms with van der Waals surface area (Å²) < 4.78 is 16.5. The summed E-state index contributed by atoms with van der Waals surface area (Å²) in [6.07, 6.45) is 4.19. The maximum atomic E-state index is 12.0. The number of rotatable bonds is 1. The molecule has 2 saturated heterocycles. The topological polar surface area (TPSA) is 60.9 Å². The number of nitrogens with zero attached hydrogens (tertiary/aromatic N) is 2. The molecule has 3 heterocycles. The number of piperidine rings is 1. The molecule has 6 nitrogen and oxygen atoms in total. The van der Waals surface area contributed by atoms with Gasteiger partial charge in [-0.15, -0.1) is 0 Å². The van der Waals surface area contributed by atoms with Crippen LogP contribution in [-0.2, 0) is 9.47 Å². The predicted molar refractivity (Wildman–Crippen MR) is 65.7 cm³/mol. The minimum Gasteiger partial charge on any atom is -0.409 e. The number of aromatic nitrogens is 1. The van der Waals surface area contributed by atoms with Gasteiger partial charge in [0.05, 0.1) is 19.4 Å². The van der Waals surface area contributed by atoms with Crippen molar-refractivity contribution < 1.29 is 19.0 Å². The van der Waals surface area contributed by atoms with Crippen LogP contribution in [0.2, 0.25) is 0 Å². The second kappa shape index (κ2) is 5.14. The van der Waals surface area contributed by atoms with Gasteiger partial charge in [-0.2, -0.15) is 0 Å². The minimum atomic E-state index is -0.467. The van der Waals surface area contributed by atoms with Crippen LogP contribution < -0.4 is 4.74 Å². The highest BCUT2D eigenvalue weighted by molar-refractivity contribution is 5.70. The van der Waals surface area contributed by atoms with Crippen LogP contribution in [0.15, 0.2) is 24.5 Å². The summed E-state index contributed by atoms with van der Waals surface area (Å²) in [5.74, 6) is -0.00778. The summed E-state index contributed by atoms with van der Waals surface area (Å²) in [5.41, 5.74) is 0. The van der Waals surface area contributed by atoms with E-state index in [9.17, 15) is 4.79 Å². The van der Waals surface area contributed by atoms with E-state index in [0.29, 0.717) is 44.9 Å². The molecular formula is C13H16N2O4. The molecule has 0 atom stereocenters. The Hall–Kier alpha value is -1.66. The normalized spacial score (nSPS) is 21.6. The van der Waals surface area contributed by atoms with Gasteiger partial charge >= 0.3 is 6.09 Å². The third kappa shape index (κ3) is 2.69. The van der Waals surface area contributed by atoms with Crippen LogP contribution in [0.3, 0.4) is 0 Å². The van der Waals surface area contributed by atoms with Crippen LogP contribution in [-0.4, -0.2) is 48.1 Å². The number of ether oxygens (including phenoxy) is 3. The van der Waals surface area contributed by atoms with Crippen molar-refractivity contribution in [1.82, 2.24) is 9.88 Å². The molecule has 1 aromatic heterocycles. The fourth-order valence-electron chi connectivity index (χ4n) is 2.39. The van der Waals surface area contributed by atoms with Crippen molar-refractivity contribution in [2.45, 2.75) is 18.6 Å². The van der Waals surface area contributed by atoms with E-state index in [0.717, 1.165) is 0 Å². The maximum absolute atomic E-state index is 12.0. The molecule has 0 N–H and O–H groups in total. The zero-order chi connectivity index (χ0) is 13.1. The second-order valence-electron chi connectivity index (χ2n) is 4.65. The average molecular weight is 264 g/mol. The SMILES string of the molecule is O=C(Oc1cccnc1)N1CCC2(CC1)OCCO2. The molecule has 2 fully saturated rings. The van der Waals surface area contributed by atoms with Crippen LogP contribution in [0.5, 0.6) is 5.75 Å². The van der Waals surface area contributed by atoms with Crippen molar-refractivity contribution in [3.8, 4) is 5.75 Å². The fourth-order valence-corrected chi connectivity index (χ4v) is 2.39. The first-order valence-corrected chi connectivity index (χ1v) is 6.42. The fraction of sp³-hybridized carbons (Fsp3) is 0.538. The molecule has 102 valence electrons. The van der Waals surface area contributed by atoms with Crippen molar-refractivity contribution in [3.63, 3.8) is 0 Å². The molecule has 0 radical (unpaired) electrons. The van der Waals surface area contributed by atoms with Crippen LogP contribution >= 0.6 is 0 Å². The lowest BCUT2D eigenvalue weighted by molar-refractivity contribution is -0.182. The number of pyridine rings is 1. The van der Waals surface area contributed by atoms with E-state index in [1.807, 2.05) is 0 Å². The zero-order valence-electron chi connectivity index (χ0n) is 10.6. The van der Waals surface area contributed by atoms with Crippen molar-refractivity contribution in [2.24, 2.45) is 0 Å². The molecule has 1 amide bonds. The largest absolute Gasteiger partial charge is 0.415 e. The third-order valence-corrected chi connectivity index (χ3v) is 3.44. The molecule has 0 saturated carbocycles. The quantitative estimate of drug-likeness (QED) is 0.767. The van der Waals surface area contributed by atoms with Crippen LogP contribution in [0.25, 0.3) is 0 Å². The number of carbonyl (C=O) groups is 1. The number of likely N-dealkylation sites (tertiary alicyclic amines) is 1. The highest BCUT2D eigenvalue weighted by Gasteiger charge is 2.41. The monoisotopic (exact) mass is 264 g/mol. The van der Waals surface area contributed by atoms with Gasteiger partial charge in [0.2, 0.25) is 0 Å². The van der Waals surface area contributed by atoms with Gasteiger partial charge in [0.15, 0.2) is 11.5 Å².